The molecule has 9 nitrogen and oxygen atoms in total. The molecule has 1 saturated carbocycles. The van der Waals surface area contributed by atoms with Crippen LogP contribution in [0, 0.1) is 0 Å². The van der Waals surface area contributed by atoms with Crippen molar-refractivity contribution in [1.29, 1.82) is 0 Å². The summed E-state index contributed by atoms with van der Waals surface area (Å²) in [6, 6.07) is 6.82. The molecule has 2 fully saturated rings. The van der Waals surface area contributed by atoms with Gasteiger partial charge in [-0.25, -0.2) is 14.8 Å². The number of anilines is 1. The van der Waals surface area contributed by atoms with Crippen LogP contribution in [-0.4, -0.2) is 56.4 Å². The number of hydrogen-bond donors (Lipinski definition) is 3. The molecular weight excluding hydrogens is 366 g/mol. The van der Waals surface area contributed by atoms with Crippen molar-refractivity contribution in [3.63, 3.8) is 0 Å². The molecule has 2 atom stereocenters. The molecule has 3 N–H and O–H groups in total. The summed E-state index contributed by atoms with van der Waals surface area (Å²) in [5.74, 6) is 0.576. The van der Waals surface area contributed by atoms with Crippen LogP contribution in [0.2, 0.25) is 0 Å². The standard InChI is InChI=1S/C18H17N3O4.CH2O2/c22-10-7-12(18(23)24)21(8-10)17-15-14(19-16(20-17)9-5-6-9)11-3-1-2-4-13(11)25-15;2-1-3/h1-4,9-10,12,22H,5-8H2,(H,23,24);1H,(H,2,3)/t10-,12-;/m0./s1. The van der Waals surface area contributed by atoms with Crippen molar-refractivity contribution in [1.82, 2.24) is 9.97 Å². The maximum Gasteiger partial charge on any atom is 0.326 e. The van der Waals surface area contributed by atoms with Crippen molar-refractivity contribution in [3.8, 4) is 0 Å². The number of nitrogens with zero attached hydrogens (tertiary/aromatic N) is 3. The van der Waals surface area contributed by atoms with Gasteiger partial charge in [-0.3, -0.25) is 4.79 Å². The first kappa shape index (κ1) is 18.2. The minimum Gasteiger partial charge on any atom is -0.483 e. The maximum atomic E-state index is 11.6. The highest BCUT2D eigenvalue weighted by atomic mass is 16.4. The van der Waals surface area contributed by atoms with E-state index in [1.54, 1.807) is 4.90 Å². The van der Waals surface area contributed by atoms with Crippen molar-refractivity contribution in [2.24, 2.45) is 0 Å². The molecule has 1 aromatic carbocycles. The van der Waals surface area contributed by atoms with Crippen molar-refractivity contribution in [3.05, 3.63) is 30.1 Å². The zero-order valence-electron chi connectivity index (χ0n) is 14.9. The number of aliphatic hydroxyl groups excluding tert-OH is 1. The molecule has 3 heterocycles. The highest BCUT2D eigenvalue weighted by Crippen LogP contribution is 2.42. The number of furan rings is 1. The maximum absolute atomic E-state index is 11.6. The molecule has 1 aliphatic carbocycles. The second kappa shape index (κ2) is 7.08. The number of aromatic nitrogens is 2. The quantitative estimate of drug-likeness (QED) is 0.578. The summed E-state index contributed by atoms with van der Waals surface area (Å²) in [6.45, 7) is -0.0236. The number of β-amino-alcohol motifs (C(OH)–C–C–N with tert-alkyl or cyclic N) is 1. The van der Waals surface area contributed by atoms with E-state index in [0.717, 1.165) is 24.1 Å². The monoisotopic (exact) mass is 385 g/mol. The highest BCUT2D eigenvalue weighted by molar-refractivity contribution is 6.06. The number of aliphatic carboxylic acids is 1. The molecule has 0 radical (unpaired) electrons. The fourth-order valence-electron chi connectivity index (χ4n) is 3.59. The van der Waals surface area contributed by atoms with Gasteiger partial charge < -0.3 is 24.6 Å². The van der Waals surface area contributed by atoms with Gasteiger partial charge >= 0.3 is 5.97 Å². The van der Waals surface area contributed by atoms with E-state index >= 15 is 0 Å². The Kier molecular flexibility index (Phi) is 4.60. The minimum absolute atomic E-state index is 0.180. The van der Waals surface area contributed by atoms with E-state index < -0.39 is 18.1 Å². The first-order valence-electron chi connectivity index (χ1n) is 8.98. The SMILES string of the molecule is O=C(O)[C@@H]1C[C@H](O)CN1c1nc(C2CC2)nc2c1oc1ccccc12.O=CO. The van der Waals surface area contributed by atoms with Gasteiger partial charge in [0, 0.05) is 24.3 Å². The number of aliphatic hydroxyl groups is 1. The second-order valence-electron chi connectivity index (χ2n) is 6.96. The highest BCUT2D eigenvalue weighted by Gasteiger charge is 2.39. The lowest BCUT2D eigenvalue weighted by atomic mass is 10.2. The van der Waals surface area contributed by atoms with Gasteiger partial charge in [0.15, 0.2) is 11.4 Å². The Hall–Kier alpha value is -3.20. The lowest BCUT2D eigenvalue weighted by Gasteiger charge is -2.22. The average Bonchev–Trinajstić information content (AvgIpc) is 3.35. The Morgan fingerprint density at radius 1 is 1.25 bits per heavy atom. The van der Waals surface area contributed by atoms with Crippen LogP contribution < -0.4 is 4.90 Å². The van der Waals surface area contributed by atoms with E-state index in [0.29, 0.717) is 28.4 Å². The summed E-state index contributed by atoms with van der Waals surface area (Å²) in [5.41, 5.74) is 1.91. The van der Waals surface area contributed by atoms with Crippen molar-refractivity contribution < 1.29 is 29.3 Å². The predicted molar refractivity (Wildman–Crippen MR) is 99.4 cm³/mol. The molecule has 28 heavy (non-hydrogen) atoms. The molecule has 0 unspecified atom stereocenters. The summed E-state index contributed by atoms with van der Waals surface area (Å²) < 4.78 is 5.97. The summed E-state index contributed by atoms with van der Waals surface area (Å²) in [4.78, 5) is 31.0. The summed E-state index contributed by atoms with van der Waals surface area (Å²) >= 11 is 0. The van der Waals surface area contributed by atoms with Gasteiger partial charge in [0.25, 0.3) is 6.47 Å². The zero-order valence-corrected chi connectivity index (χ0v) is 14.9. The lowest BCUT2D eigenvalue weighted by Crippen LogP contribution is -2.36. The van der Waals surface area contributed by atoms with E-state index in [9.17, 15) is 15.0 Å². The third-order valence-electron chi connectivity index (χ3n) is 5.00. The Bertz CT molecular complexity index is 1040. The minimum atomic E-state index is -0.965. The van der Waals surface area contributed by atoms with Crippen LogP contribution in [0.3, 0.4) is 0 Å². The van der Waals surface area contributed by atoms with Crippen LogP contribution in [0.25, 0.3) is 22.1 Å². The first-order valence-corrected chi connectivity index (χ1v) is 8.98. The second-order valence-corrected chi connectivity index (χ2v) is 6.96. The van der Waals surface area contributed by atoms with Crippen LogP contribution in [-0.2, 0) is 9.59 Å². The van der Waals surface area contributed by atoms with Gasteiger partial charge in [0.2, 0.25) is 0 Å². The number of fused-ring (bicyclic) bond motifs is 3. The molecule has 1 saturated heterocycles. The Balaban J connectivity index is 0.000000604. The third kappa shape index (κ3) is 3.13. The van der Waals surface area contributed by atoms with Gasteiger partial charge in [-0.05, 0) is 25.0 Å². The number of rotatable bonds is 3. The summed E-state index contributed by atoms with van der Waals surface area (Å²) in [6.07, 6.45) is 1.58. The number of benzene rings is 1. The molecule has 146 valence electrons. The predicted octanol–water partition coefficient (Wildman–Crippen LogP) is 1.98. The number of para-hydroxylation sites is 1. The van der Waals surface area contributed by atoms with Gasteiger partial charge in [-0.15, -0.1) is 0 Å². The molecular formula is C19H19N3O6. The largest absolute Gasteiger partial charge is 0.483 e. The number of carboxylic acids is 1. The van der Waals surface area contributed by atoms with Crippen LogP contribution in [0.15, 0.2) is 28.7 Å². The first-order chi connectivity index (χ1) is 13.5. The van der Waals surface area contributed by atoms with E-state index in [4.69, 9.17) is 19.3 Å². The summed E-state index contributed by atoms with van der Waals surface area (Å²) in [7, 11) is 0. The van der Waals surface area contributed by atoms with Crippen LogP contribution in [0.1, 0.15) is 31.0 Å². The Morgan fingerprint density at radius 2 is 1.96 bits per heavy atom. The number of hydrogen-bond acceptors (Lipinski definition) is 7. The average molecular weight is 385 g/mol. The van der Waals surface area contributed by atoms with E-state index in [1.165, 1.54) is 0 Å². The van der Waals surface area contributed by atoms with E-state index in [2.05, 4.69) is 4.98 Å². The fraction of sp³-hybridized carbons (Fsp3) is 0.368. The third-order valence-corrected chi connectivity index (χ3v) is 5.00. The van der Waals surface area contributed by atoms with Gasteiger partial charge in [0.1, 0.15) is 23.0 Å². The molecule has 9 heteroatoms. The normalized spacial score (nSPS) is 21.5. The number of carboxylic acid groups (broad SMARTS) is 2. The van der Waals surface area contributed by atoms with Gasteiger partial charge in [-0.2, -0.15) is 0 Å². The molecule has 1 aliphatic heterocycles. The molecule has 0 amide bonds. The molecule has 3 aromatic rings. The van der Waals surface area contributed by atoms with Crippen LogP contribution in [0.4, 0.5) is 5.82 Å². The zero-order chi connectivity index (χ0) is 19.8. The smallest absolute Gasteiger partial charge is 0.326 e. The van der Waals surface area contributed by atoms with Crippen molar-refractivity contribution in [2.75, 3.05) is 11.4 Å². The van der Waals surface area contributed by atoms with Gasteiger partial charge in [-0.1, -0.05) is 12.1 Å². The topological polar surface area (TPSA) is 137 Å². The van der Waals surface area contributed by atoms with Gasteiger partial charge in [0.05, 0.1) is 6.10 Å². The van der Waals surface area contributed by atoms with Crippen molar-refractivity contribution in [2.45, 2.75) is 37.3 Å². The molecule has 2 aliphatic rings. The molecule has 5 rings (SSSR count). The fourth-order valence-corrected chi connectivity index (χ4v) is 3.59. The molecule has 0 spiro atoms. The van der Waals surface area contributed by atoms with E-state index in [-0.39, 0.29) is 19.4 Å². The van der Waals surface area contributed by atoms with Crippen LogP contribution in [0.5, 0.6) is 0 Å². The lowest BCUT2D eigenvalue weighted by molar-refractivity contribution is -0.138. The molecule has 0 bridgehead atoms. The van der Waals surface area contributed by atoms with Crippen molar-refractivity contribution >= 4 is 40.3 Å². The summed E-state index contributed by atoms with van der Waals surface area (Å²) in [5, 5.41) is 27.3. The Labute approximate surface area is 159 Å². The Morgan fingerprint density at radius 3 is 2.64 bits per heavy atom. The van der Waals surface area contributed by atoms with E-state index in [1.807, 2.05) is 24.3 Å². The number of carbonyl (C=O) groups is 2. The van der Waals surface area contributed by atoms with Crippen LogP contribution >= 0.6 is 0 Å². The molecule has 2 aromatic heterocycles.